The van der Waals surface area contributed by atoms with Crippen LogP contribution >= 0.6 is 0 Å². The zero-order valence-corrected chi connectivity index (χ0v) is 13.6. The zero-order chi connectivity index (χ0) is 17.1. The van der Waals surface area contributed by atoms with Crippen LogP contribution in [-0.2, 0) is 0 Å². The fraction of sp³-hybridized carbons (Fsp3) is 0.111. The summed E-state index contributed by atoms with van der Waals surface area (Å²) >= 11 is 0. The molecule has 0 bridgehead atoms. The Morgan fingerprint density at radius 2 is 1.92 bits per heavy atom. The molecule has 0 aliphatic carbocycles. The van der Waals surface area contributed by atoms with Crippen LogP contribution < -0.4 is 10.1 Å². The highest BCUT2D eigenvalue weighted by molar-refractivity contribution is 5.88. The molecule has 0 fully saturated rings. The minimum Gasteiger partial charge on any atom is -0.494 e. The minimum atomic E-state index is 0.645. The molecule has 0 spiro atoms. The van der Waals surface area contributed by atoms with E-state index in [2.05, 4.69) is 25.4 Å². The Kier molecular flexibility index (Phi) is 3.96. The van der Waals surface area contributed by atoms with Gasteiger partial charge in [0.15, 0.2) is 11.5 Å². The van der Waals surface area contributed by atoms with Gasteiger partial charge in [0.1, 0.15) is 17.9 Å². The molecule has 0 radical (unpaired) electrons. The highest BCUT2D eigenvalue weighted by atomic mass is 16.5. The van der Waals surface area contributed by atoms with Gasteiger partial charge in [0.25, 0.3) is 0 Å². The lowest BCUT2D eigenvalue weighted by atomic mass is 10.3. The highest BCUT2D eigenvalue weighted by Gasteiger charge is 2.11. The van der Waals surface area contributed by atoms with E-state index in [4.69, 9.17) is 4.74 Å². The van der Waals surface area contributed by atoms with Crippen LogP contribution in [0.3, 0.4) is 0 Å². The van der Waals surface area contributed by atoms with E-state index in [1.165, 1.54) is 6.33 Å². The smallest absolute Gasteiger partial charge is 0.170 e. The van der Waals surface area contributed by atoms with Crippen molar-refractivity contribution < 1.29 is 4.74 Å². The molecule has 7 nitrogen and oxygen atoms in total. The van der Waals surface area contributed by atoms with Gasteiger partial charge in [-0.3, -0.25) is 0 Å². The van der Waals surface area contributed by atoms with Crippen molar-refractivity contribution in [1.82, 2.24) is 24.7 Å². The third-order valence-corrected chi connectivity index (χ3v) is 3.66. The third kappa shape index (κ3) is 2.99. The van der Waals surface area contributed by atoms with Gasteiger partial charge in [0.2, 0.25) is 0 Å². The molecule has 1 aromatic carbocycles. The summed E-state index contributed by atoms with van der Waals surface area (Å²) in [6.45, 7) is 2.61. The number of rotatable bonds is 5. The molecule has 0 atom stereocenters. The lowest BCUT2D eigenvalue weighted by Gasteiger charge is -2.08. The summed E-state index contributed by atoms with van der Waals surface area (Å²) in [6.07, 6.45) is 4.98. The summed E-state index contributed by atoms with van der Waals surface area (Å²) in [6, 6.07) is 13.4. The van der Waals surface area contributed by atoms with E-state index in [1.54, 1.807) is 17.1 Å². The monoisotopic (exact) mass is 332 g/mol. The Hall–Kier alpha value is -3.48. The first kappa shape index (κ1) is 15.1. The van der Waals surface area contributed by atoms with E-state index in [0.29, 0.717) is 23.9 Å². The average Bonchev–Trinajstić information content (AvgIpc) is 3.09. The number of nitrogens with one attached hydrogen (secondary N) is 1. The van der Waals surface area contributed by atoms with E-state index in [0.717, 1.165) is 16.8 Å². The van der Waals surface area contributed by atoms with Crippen LogP contribution in [0.4, 0.5) is 11.5 Å². The molecule has 4 rings (SSSR count). The van der Waals surface area contributed by atoms with Gasteiger partial charge < -0.3 is 10.1 Å². The van der Waals surface area contributed by atoms with Crippen LogP contribution in [0.15, 0.2) is 61.2 Å². The molecule has 3 aromatic heterocycles. The fourth-order valence-electron chi connectivity index (χ4n) is 2.53. The second kappa shape index (κ2) is 6.56. The Morgan fingerprint density at radius 1 is 1.04 bits per heavy atom. The van der Waals surface area contributed by atoms with Crippen molar-refractivity contribution in [3.63, 3.8) is 0 Å². The van der Waals surface area contributed by atoms with Crippen molar-refractivity contribution in [3.05, 3.63) is 61.2 Å². The maximum atomic E-state index is 5.46. The molecule has 124 valence electrons. The van der Waals surface area contributed by atoms with Crippen LogP contribution in [-0.4, -0.2) is 31.3 Å². The Labute approximate surface area is 144 Å². The third-order valence-electron chi connectivity index (χ3n) is 3.66. The van der Waals surface area contributed by atoms with Gasteiger partial charge in [-0.15, -0.1) is 0 Å². The number of benzene rings is 1. The zero-order valence-electron chi connectivity index (χ0n) is 13.6. The van der Waals surface area contributed by atoms with E-state index < -0.39 is 0 Å². The van der Waals surface area contributed by atoms with Crippen molar-refractivity contribution in [3.8, 4) is 11.6 Å². The first-order chi connectivity index (χ1) is 12.3. The number of pyridine rings is 1. The van der Waals surface area contributed by atoms with E-state index in [9.17, 15) is 0 Å². The summed E-state index contributed by atoms with van der Waals surface area (Å²) in [5.41, 5.74) is 1.61. The lowest BCUT2D eigenvalue weighted by Crippen LogP contribution is -2.01. The van der Waals surface area contributed by atoms with E-state index in [1.807, 2.05) is 49.4 Å². The van der Waals surface area contributed by atoms with Crippen molar-refractivity contribution in [1.29, 1.82) is 0 Å². The first-order valence-electron chi connectivity index (χ1n) is 7.95. The van der Waals surface area contributed by atoms with Gasteiger partial charge in [-0.1, -0.05) is 6.07 Å². The first-order valence-corrected chi connectivity index (χ1v) is 7.95. The number of fused-ring (bicyclic) bond motifs is 1. The fourth-order valence-corrected chi connectivity index (χ4v) is 2.53. The SMILES string of the molecule is CCOc1ccc(Nc2ncnc3c2cnn3-c2ccccn2)cc1. The summed E-state index contributed by atoms with van der Waals surface area (Å²) in [4.78, 5) is 13.0. The van der Waals surface area contributed by atoms with Crippen LogP contribution in [0.2, 0.25) is 0 Å². The number of anilines is 2. The average molecular weight is 332 g/mol. The van der Waals surface area contributed by atoms with Gasteiger partial charge in [0, 0.05) is 11.9 Å². The van der Waals surface area contributed by atoms with Crippen molar-refractivity contribution in [2.75, 3.05) is 11.9 Å². The molecule has 7 heteroatoms. The summed E-state index contributed by atoms with van der Waals surface area (Å²) < 4.78 is 7.15. The molecule has 1 N–H and O–H groups in total. The summed E-state index contributed by atoms with van der Waals surface area (Å²) in [5, 5.41) is 8.52. The van der Waals surface area contributed by atoms with Crippen LogP contribution in [0, 0.1) is 0 Å². The molecule has 0 unspecified atom stereocenters. The molecule has 0 aliphatic heterocycles. The predicted octanol–water partition coefficient (Wildman–Crippen LogP) is 3.35. The van der Waals surface area contributed by atoms with Crippen LogP contribution in [0.25, 0.3) is 16.9 Å². The molecule has 0 saturated carbocycles. The molecule has 3 heterocycles. The van der Waals surface area contributed by atoms with Crippen molar-refractivity contribution in [2.24, 2.45) is 0 Å². The maximum absolute atomic E-state index is 5.46. The summed E-state index contributed by atoms with van der Waals surface area (Å²) in [5.74, 6) is 2.24. The Balaban J connectivity index is 1.68. The molecule has 0 saturated heterocycles. The number of ether oxygens (including phenoxy) is 1. The van der Waals surface area contributed by atoms with Crippen LogP contribution in [0.1, 0.15) is 6.92 Å². The topological polar surface area (TPSA) is 77.8 Å². The molecule has 0 amide bonds. The van der Waals surface area contributed by atoms with E-state index in [-0.39, 0.29) is 0 Å². The molecular formula is C18H16N6O. The quantitative estimate of drug-likeness (QED) is 0.604. The molecule has 25 heavy (non-hydrogen) atoms. The molecule has 4 aromatic rings. The van der Waals surface area contributed by atoms with Crippen molar-refractivity contribution in [2.45, 2.75) is 6.92 Å². The van der Waals surface area contributed by atoms with Gasteiger partial charge in [-0.05, 0) is 43.3 Å². The lowest BCUT2D eigenvalue weighted by molar-refractivity contribution is 0.340. The Morgan fingerprint density at radius 3 is 2.68 bits per heavy atom. The van der Waals surface area contributed by atoms with Gasteiger partial charge >= 0.3 is 0 Å². The maximum Gasteiger partial charge on any atom is 0.170 e. The van der Waals surface area contributed by atoms with Gasteiger partial charge in [-0.25, -0.2) is 15.0 Å². The number of hydrogen-bond acceptors (Lipinski definition) is 6. The highest BCUT2D eigenvalue weighted by Crippen LogP contribution is 2.25. The van der Waals surface area contributed by atoms with Gasteiger partial charge in [-0.2, -0.15) is 9.78 Å². The Bertz CT molecular complexity index is 982. The second-order valence-electron chi connectivity index (χ2n) is 5.29. The minimum absolute atomic E-state index is 0.645. The number of nitrogens with zero attached hydrogens (tertiary/aromatic N) is 5. The van der Waals surface area contributed by atoms with E-state index >= 15 is 0 Å². The summed E-state index contributed by atoms with van der Waals surface area (Å²) in [7, 11) is 0. The molecular weight excluding hydrogens is 316 g/mol. The molecule has 0 aliphatic rings. The van der Waals surface area contributed by atoms with Crippen LogP contribution in [0.5, 0.6) is 5.75 Å². The number of hydrogen-bond donors (Lipinski definition) is 1. The van der Waals surface area contributed by atoms with Crippen molar-refractivity contribution >= 4 is 22.5 Å². The predicted molar refractivity (Wildman–Crippen MR) is 95.3 cm³/mol. The largest absolute Gasteiger partial charge is 0.494 e. The standard InChI is InChI=1S/C18H16N6O/c1-2-25-14-8-6-13(7-9-14)23-17-15-11-22-24(18(15)21-12-20-17)16-5-3-4-10-19-16/h3-12H,2H2,1H3,(H,20,21,23). The second-order valence-corrected chi connectivity index (χ2v) is 5.29. The number of aromatic nitrogens is 5. The van der Waals surface area contributed by atoms with Gasteiger partial charge in [0.05, 0.1) is 18.2 Å². The normalized spacial score (nSPS) is 10.8.